The summed E-state index contributed by atoms with van der Waals surface area (Å²) < 4.78 is 10.9. The van der Waals surface area contributed by atoms with Gasteiger partial charge in [-0.15, -0.1) is 0 Å². The fourth-order valence-corrected chi connectivity index (χ4v) is 3.13. The van der Waals surface area contributed by atoms with E-state index in [2.05, 4.69) is 5.32 Å². The van der Waals surface area contributed by atoms with Crippen LogP contribution in [0.25, 0.3) is 0 Å². The van der Waals surface area contributed by atoms with Crippen molar-refractivity contribution < 1.29 is 19.1 Å². The third-order valence-corrected chi connectivity index (χ3v) is 4.44. The number of carbonyl (C=O) groups is 2. The van der Waals surface area contributed by atoms with Crippen molar-refractivity contribution in [3.63, 3.8) is 0 Å². The van der Waals surface area contributed by atoms with Gasteiger partial charge in [0.05, 0.1) is 12.3 Å². The zero-order valence-corrected chi connectivity index (χ0v) is 15.4. The Morgan fingerprint density at radius 1 is 1.11 bits per heavy atom. The molecule has 0 bridgehead atoms. The number of para-hydroxylation sites is 2. The Balaban J connectivity index is 1.61. The fourth-order valence-electron chi connectivity index (χ4n) is 3.13. The number of carbonyl (C=O) groups excluding carboxylic acids is 2. The molecule has 0 saturated carbocycles. The zero-order chi connectivity index (χ0) is 19.1. The van der Waals surface area contributed by atoms with E-state index in [0.717, 1.165) is 12.0 Å². The summed E-state index contributed by atoms with van der Waals surface area (Å²) in [5, 5.41) is 2.88. The minimum absolute atomic E-state index is 0.192. The third kappa shape index (κ3) is 4.78. The number of nitrogens with zero attached hydrogens (tertiary/aromatic N) is 1. The summed E-state index contributed by atoms with van der Waals surface area (Å²) >= 11 is 0. The van der Waals surface area contributed by atoms with Crippen LogP contribution in [0.2, 0.25) is 0 Å². The summed E-state index contributed by atoms with van der Waals surface area (Å²) in [7, 11) is 0. The second kappa shape index (κ2) is 9.07. The van der Waals surface area contributed by atoms with Crippen molar-refractivity contribution in [2.75, 3.05) is 18.5 Å². The van der Waals surface area contributed by atoms with Gasteiger partial charge in [-0.3, -0.25) is 9.69 Å². The second-order valence-corrected chi connectivity index (χ2v) is 6.31. The highest BCUT2D eigenvalue weighted by molar-refractivity contribution is 5.97. The Hall–Kier alpha value is -3.02. The molecule has 2 amide bonds. The molecule has 0 aliphatic carbocycles. The maximum absolute atomic E-state index is 12.7. The third-order valence-electron chi connectivity index (χ3n) is 4.44. The number of ether oxygens (including phenoxy) is 2. The number of likely N-dealkylation sites (tertiary alicyclic amines) is 1. The van der Waals surface area contributed by atoms with Gasteiger partial charge in [0.2, 0.25) is 5.91 Å². The lowest BCUT2D eigenvalue weighted by Gasteiger charge is -2.23. The summed E-state index contributed by atoms with van der Waals surface area (Å²) in [6.45, 7) is 3.10. The van der Waals surface area contributed by atoms with E-state index in [4.69, 9.17) is 9.47 Å². The molecule has 0 spiro atoms. The first kappa shape index (κ1) is 18.8. The Labute approximate surface area is 159 Å². The Bertz CT molecular complexity index is 779. The molecule has 0 unspecified atom stereocenters. The van der Waals surface area contributed by atoms with Crippen molar-refractivity contribution in [1.29, 1.82) is 0 Å². The predicted octanol–water partition coefficient (Wildman–Crippen LogP) is 3.83. The van der Waals surface area contributed by atoms with Gasteiger partial charge >= 0.3 is 6.09 Å². The van der Waals surface area contributed by atoms with Crippen LogP contribution in [0.3, 0.4) is 0 Å². The van der Waals surface area contributed by atoms with Crippen LogP contribution < -0.4 is 10.1 Å². The summed E-state index contributed by atoms with van der Waals surface area (Å²) in [4.78, 5) is 26.7. The summed E-state index contributed by atoms with van der Waals surface area (Å²) in [6, 6.07) is 16.2. The highest BCUT2D eigenvalue weighted by Crippen LogP contribution is 2.26. The quantitative estimate of drug-likeness (QED) is 0.842. The molecule has 1 aliphatic heterocycles. The second-order valence-electron chi connectivity index (χ2n) is 6.31. The summed E-state index contributed by atoms with van der Waals surface area (Å²) in [6.07, 6.45) is 0.920. The highest BCUT2D eigenvalue weighted by atomic mass is 16.6. The molecule has 1 saturated heterocycles. The smallest absolute Gasteiger partial charge is 0.410 e. The number of amides is 2. The van der Waals surface area contributed by atoms with Gasteiger partial charge in [-0.1, -0.05) is 42.5 Å². The van der Waals surface area contributed by atoms with Crippen molar-refractivity contribution in [3.8, 4) is 5.75 Å². The number of rotatable bonds is 6. The fraction of sp³-hybridized carbons (Fsp3) is 0.333. The van der Waals surface area contributed by atoms with Gasteiger partial charge in [0.15, 0.2) is 0 Å². The number of hydrogen-bond donors (Lipinski definition) is 1. The van der Waals surface area contributed by atoms with E-state index in [1.54, 1.807) is 12.1 Å². The first-order valence-corrected chi connectivity index (χ1v) is 9.19. The van der Waals surface area contributed by atoms with Gasteiger partial charge in [0.25, 0.3) is 0 Å². The molecule has 0 aromatic heterocycles. The van der Waals surface area contributed by atoms with E-state index in [0.29, 0.717) is 31.0 Å². The molecule has 6 heteroatoms. The molecule has 0 radical (unpaired) electrons. The number of nitrogens with one attached hydrogen (secondary N) is 1. The topological polar surface area (TPSA) is 67.9 Å². The first-order valence-electron chi connectivity index (χ1n) is 9.19. The Morgan fingerprint density at radius 2 is 1.85 bits per heavy atom. The molecule has 1 fully saturated rings. The van der Waals surface area contributed by atoms with Crippen LogP contribution >= 0.6 is 0 Å². The monoisotopic (exact) mass is 368 g/mol. The zero-order valence-electron chi connectivity index (χ0n) is 15.4. The maximum atomic E-state index is 12.7. The van der Waals surface area contributed by atoms with Crippen LogP contribution in [0.15, 0.2) is 54.6 Å². The average molecular weight is 368 g/mol. The summed E-state index contributed by atoms with van der Waals surface area (Å²) in [5.41, 5.74) is 1.52. The van der Waals surface area contributed by atoms with Crippen molar-refractivity contribution in [1.82, 2.24) is 4.90 Å². The average Bonchev–Trinajstić information content (AvgIpc) is 3.19. The lowest BCUT2D eigenvalue weighted by Crippen LogP contribution is -2.43. The number of anilines is 1. The van der Waals surface area contributed by atoms with Crippen molar-refractivity contribution in [2.45, 2.75) is 32.4 Å². The first-order chi connectivity index (χ1) is 13.2. The van der Waals surface area contributed by atoms with Crippen LogP contribution in [-0.2, 0) is 16.1 Å². The van der Waals surface area contributed by atoms with E-state index in [-0.39, 0.29) is 12.5 Å². The number of hydrogen-bond acceptors (Lipinski definition) is 4. The molecule has 1 N–H and O–H groups in total. The van der Waals surface area contributed by atoms with Crippen molar-refractivity contribution in [3.05, 3.63) is 60.2 Å². The Kier molecular flexibility index (Phi) is 6.30. The largest absolute Gasteiger partial charge is 0.492 e. The highest BCUT2D eigenvalue weighted by Gasteiger charge is 2.35. The standard InChI is InChI=1S/C21H24N2O4/c1-2-26-19-13-7-6-11-17(19)22-20(24)18-12-8-14-23(18)21(25)27-15-16-9-4-3-5-10-16/h3-7,9-11,13,18H,2,8,12,14-15H2,1H3,(H,22,24)/t18-/m0/s1. The number of benzene rings is 2. The summed E-state index contributed by atoms with van der Waals surface area (Å²) in [5.74, 6) is 0.390. The molecule has 142 valence electrons. The van der Waals surface area contributed by atoms with E-state index >= 15 is 0 Å². The maximum Gasteiger partial charge on any atom is 0.410 e. The Morgan fingerprint density at radius 3 is 2.63 bits per heavy atom. The van der Waals surface area contributed by atoms with Gasteiger partial charge in [-0.25, -0.2) is 4.79 Å². The van der Waals surface area contributed by atoms with Gasteiger partial charge in [0.1, 0.15) is 18.4 Å². The van der Waals surface area contributed by atoms with E-state index in [1.165, 1.54) is 4.90 Å². The molecule has 2 aromatic rings. The van der Waals surface area contributed by atoms with Crippen molar-refractivity contribution in [2.24, 2.45) is 0 Å². The van der Waals surface area contributed by atoms with Crippen LogP contribution in [0.1, 0.15) is 25.3 Å². The van der Waals surface area contributed by atoms with Crippen molar-refractivity contribution >= 4 is 17.7 Å². The van der Waals surface area contributed by atoms with Gasteiger partial charge in [-0.05, 0) is 37.5 Å². The molecular weight excluding hydrogens is 344 g/mol. The lowest BCUT2D eigenvalue weighted by molar-refractivity contribution is -0.120. The molecule has 1 aliphatic rings. The molecule has 27 heavy (non-hydrogen) atoms. The van der Waals surface area contributed by atoms with E-state index in [9.17, 15) is 9.59 Å². The molecule has 1 heterocycles. The van der Waals surface area contributed by atoms with Crippen LogP contribution in [0.5, 0.6) is 5.75 Å². The molecule has 6 nitrogen and oxygen atoms in total. The van der Waals surface area contributed by atoms with E-state index in [1.807, 2.05) is 49.4 Å². The van der Waals surface area contributed by atoms with Gasteiger partial charge < -0.3 is 14.8 Å². The van der Waals surface area contributed by atoms with Crippen LogP contribution in [-0.4, -0.2) is 36.1 Å². The van der Waals surface area contributed by atoms with E-state index < -0.39 is 12.1 Å². The normalized spacial score (nSPS) is 16.0. The molecule has 1 atom stereocenters. The SMILES string of the molecule is CCOc1ccccc1NC(=O)[C@@H]1CCCN1C(=O)OCc1ccccc1. The van der Waals surface area contributed by atoms with Gasteiger partial charge in [0, 0.05) is 6.54 Å². The molecule has 2 aromatic carbocycles. The molecule has 3 rings (SSSR count). The minimum atomic E-state index is -0.539. The van der Waals surface area contributed by atoms with Crippen LogP contribution in [0.4, 0.5) is 10.5 Å². The van der Waals surface area contributed by atoms with Gasteiger partial charge in [-0.2, -0.15) is 0 Å². The minimum Gasteiger partial charge on any atom is -0.492 e. The lowest BCUT2D eigenvalue weighted by atomic mass is 10.2. The predicted molar refractivity (Wildman–Crippen MR) is 103 cm³/mol. The van der Waals surface area contributed by atoms with Crippen LogP contribution in [0, 0.1) is 0 Å². The molecular formula is C21H24N2O4.